The maximum atomic E-state index is 13.7. The van der Waals surface area contributed by atoms with Crippen LogP contribution in [0.4, 0.5) is 17.6 Å². The summed E-state index contributed by atoms with van der Waals surface area (Å²) in [6.45, 7) is 3.55. The van der Waals surface area contributed by atoms with Crippen molar-refractivity contribution in [3.63, 3.8) is 0 Å². The van der Waals surface area contributed by atoms with Crippen LogP contribution in [0.25, 0.3) is 0 Å². The van der Waals surface area contributed by atoms with E-state index in [1.807, 2.05) is 0 Å². The fourth-order valence-corrected chi connectivity index (χ4v) is 2.91. The summed E-state index contributed by atoms with van der Waals surface area (Å²) in [5, 5.41) is 4.20. The van der Waals surface area contributed by atoms with E-state index in [0.717, 1.165) is 11.8 Å². The Morgan fingerprint density at radius 1 is 1.48 bits per heavy atom. The van der Waals surface area contributed by atoms with Crippen LogP contribution in [-0.2, 0) is 16.8 Å². The van der Waals surface area contributed by atoms with Gasteiger partial charge in [0.15, 0.2) is 5.82 Å². The highest BCUT2D eigenvalue weighted by Gasteiger charge is 2.36. The summed E-state index contributed by atoms with van der Waals surface area (Å²) < 4.78 is 52.2. The second kappa shape index (κ2) is 5.36. The third-order valence-electron chi connectivity index (χ3n) is 2.80. The number of aromatic amines is 1. The van der Waals surface area contributed by atoms with Gasteiger partial charge < -0.3 is 9.82 Å². The molecule has 1 aromatic rings. The lowest BCUT2D eigenvalue weighted by molar-refractivity contribution is -0.138. The van der Waals surface area contributed by atoms with Gasteiger partial charge in [-0.3, -0.25) is 4.79 Å². The van der Waals surface area contributed by atoms with Crippen LogP contribution >= 0.6 is 11.8 Å². The Morgan fingerprint density at radius 3 is 2.67 bits per heavy atom. The molecule has 1 aromatic heterocycles. The van der Waals surface area contributed by atoms with Gasteiger partial charge in [-0.2, -0.15) is 13.2 Å². The monoisotopic (exact) mass is 324 g/mol. The number of nitrogens with one attached hydrogen (secondary N) is 1. The van der Waals surface area contributed by atoms with Crippen LogP contribution in [0.15, 0.2) is 16.1 Å². The number of aromatic nitrogens is 1. The summed E-state index contributed by atoms with van der Waals surface area (Å²) in [7, 11) is 0. The van der Waals surface area contributed by atoms with E-state index in [1.54, 1.807) is 18.8 Å². The van der Waals surface area contributed by atoms with Crippen LogP contribution in [0.1, 0.15) is 31.4 Å². The quantitative estimate of drug-likeness (QED) is 0.850. The number of pyridine rings is 1. The zero-order valence-corrected chi connectivity index (χ0v) is 12.0. The molecule has 1 aliphatic heterocycles. The molecular weight excluding hydrogens is 312 g/mol. The summed E-state index contributed by atoms with van der Waals surface area (Å²) in [5.41, 5.74) is -3.57. The summed E-state index contributed by atoms with van der Waals surface area (Å²) in [6.07, 6.45) is -3.84. The van der Waals surface area contributed by atoms with Crippen LogP contribution < -0.4 is 5.56 Å². The average Bonchev–Trinajstić information content (AvgIpc) is 2.69. The van der Waals surface area contributed by atoms with E-state index in [1.165, 1.54) is 0 Å². The number of rotatable bonds is 2. The molecule has 2 rings (SSSR count). The van der Waals surface area contributed by atoms with Crippen molar-refractivity contribution in [3.8, 4) is 0 Å². The summed E-state index contributed by atoms with van der Waals surface area (Å²) >= 11 is 0.925. The molecule has 1 aliphatic rings. The molecule has 0 atom stereocenters. The van der Waals surface area contributed by atoms with Gasteiger partial charge in [-0.15, -0.1) is 11.8 Å². The Bertz CT molecular complexity index is 637. The van der Waals surface area contributed by atoms with E-state index in [4.69, 9.17) is 4.84 Å². The van der Waals surface area contributed by atoms with Crippen LogP contribution in [-0.4, -0.2) is 15.6 Å². The average molecular weight is 324 g/mol. The van der Waals surface area contributed by atoms with Crippen molar-refractivity contribution < 1.29 is 22.4 Å². The van der Waals surface area contributed by atoms with Crippen molar-refractivity contribution >= 4 is 16.8 Å². The van der Waals surface area contributed by atoms with Gasteiger partial charge in [-0.1, -0.05) is 5.16 Å². The van der Waals surface area contributed by atoms with Crippen molar-refractivity contribution in [2.24, 2.45) is 5.16 Å². The smallest absolute Gasteiger partial charge is 0.389 e. The van der Waals surface area contributed by atoms with Gasteiger partial charge in [0.25, 0.3) is 5.56 Å². The minimum atomic E-state index is -4.74. The molecule has 0 saturated carbocycles. The number of nitrogens with zero attached hydrogens (tertiary/aromatic N) is 1. The fraction of sp³-hybridized carbons (Fsp3) is 0.500. The van der Waals surface area contributed by atoms with Crippen molar-refractivity contribution in [1.29, 1.82) is 0 Å². The lowest BCUT2D eigenvalue weighted by Crippen LogP contribution is -2.20. The second-order valence-electron chi connectivity index (χ2n) is 5.12. The summed E-state index contributed by atoms with van der Waals surface area (Å²) in [6, 6.07) is 0. The molecule has 0 spiro atoms. The highest BCUT2D eigenvalue weighted by atomic mass is 32.2. The van der Waals surface area contributed by atoms with Crippen molar-refractivity contribution in [2.45, 2.75) is 37.8 Å². The molecule has 21 heavy (non-hydrogen) atoms. The molecule has 0 amide bonds. The lowest BCUT2D eigenvalue weighted by Gasteiger charge is -2.14. The van der Waals surface area contributed by atoms with Crippen LogP contribution in [0, 0.1) is 5.82 Å². The number of hydrogen-bond acceptors (Lipinski definition) is 4. The minimum Gasteiger partial charge on any atom is -0.389 e. The Hall–Kier alpha value is -1.51. The first kappa shape index (κ1) is 15.9. The van der Waals surface area contributed by atoms with E-state index < -0.39 is 34.3 Å². The maximum absolute atomic E-state index is 13.7. The predicted octanol–water partition coefficient (Wildman–Crippen LogP) is 3.28. The van der Waals surface area contributed by atoms with E-state index in [0.29, 0.717) is 17.7 Å². The maximum Gasteiger partial charge on any atom is 0.418 e. The molecular formula is C12H12F4N2O2S. The molecule has 4 nitrogen and oxygen atoms in total. The van der Waals surface area contributed by atoms with Gasteiger partial charge in [-0.25, -0.2) is 4.39 Å². The van der Waals surface area contributed by atoms with Gasteiger partial charge in [-0.05, 0) is 13.8 Å². The van der Waals surface area contributed by atoms with Gasteiger partial charge in [0, 0.05) is 23.9 Å². The SMILES string of the molecule is CC1(C)CC(SCc2c(C(F)(F)F)c[nH]c(=O)c2F)=NO1. The van der Waals surface area contributed by atoms with Gasteiger partial charge >= 0.3 is 6.18 Å². The van der Waals surface area contributed by atoms with Gasteiger partial charge in [0.05, 0.1) is 5.56 Å². The molecule has 116 valence electrons. The number of H-pyrrole nitrogens is 1. The first-order valence-corrected chi connectivity index (χ1v) is 6.94. The predicted molar refractivity (Wildman–Crippen MR) is 70.5 cm³/mol. The van der Waals surface area contributed by atoms with Crippen molar-refractivity contribution in [3.05, 3.63) is 33.5 Å². The second-order valence-corrected chi connectivity index (χ2v) is 6.17. The molecule has 0 saturated heterocycles. The Labute approximate surface area is 121 Å². The molecule has 0 radical (unpaired) electrons. The largest absolute Gasteiger partial charge is 0.418 e. The van der Waals surface area contributed by atoms with Crippen molar-refractivity contribution in [1.82, 2.24) is 4.98 Å². The molecule has 0 aliphatic carbocycles. The highest BCUT2D eigenvalue weighted by Crippen LogP contribution is 2.35. The first-order chi connectivity index (χ1) is 9.60. The topological polar surface area (TPSA) is 54.5 Å². The molecule has 0 unspecified atom stereocenters. The summed E-state index contributed by atoms with van der Waals surface area (Å²) in [4.78, 5) is 18.0. The Kier molecular flexibility index (Phi) is 4.05. The van der Waals surface area contributed by atoms with Gasteiger partial charge in [0.1, 0.15) is 10.6 Å². The number of alkyl halides is 3. The fourth-order valence-electron chi connectivity index (χ4n) is 1.77. The third kappa shape index (κ3) is 3.58. The standard InChI is InChI=1S/C12H12F4N2O2S/c1-11(2)3-8(18-20-11)21-5-6-7(12(14,15)16)4-17-10(19)9(6)13/h4H,3,5H2,1-2H3,(H,17,19). The number of oxime groups is 1. The zero-order chi connectivity index (χ0) is 15.8. The van der Waals surface area contributed by atoms with E-state index in [-0.39, 0.29) is 5.75 Å². The number of halogens is 4. The lowest BCUT2D eigenvalue weighted by atomic mass is 10.1. The van der Waals surface area contributed by atoms with E-state index in [2.05, 4.69) is 5.16 Å². The number of hydrogen-bond donors (Lipinski definition) is 1. The summed E-state index contributed by atoms with van der Waals surface area (Å²) in [5.74, 6) is -1.76. The highest BCUT2D eigenvalue weighted by molar-refractivity contribution is 8.13. The first-order valence-electron chi connectivity index (χ1n) is 5.95. The minimum absolute atomic E-state index is 0.344. The van der Waals surface area contributed by atoms with Crippen LogP contribution in [0.5, 0.6) is 0 Å². The van der Waals surface area contributed by atoms with E-state index >= 15 is 0 Å². The molecule has 0 fully saturated rings. The van der Waals surface area contributed by atoms with Gasteiger partial charge in [0.2, 0.25) is 0 Å². The Morgan fingerprint density at radius 2 is 2.14 bits per heavy atom. The third-order valence-corrected chi connectivity index (χ3v) is 3.78. The molecule has 0 bridgehead atoms. The molecule has 1 N–H and O–H groups in total. The molecule has 9 heteroatoms. The normalized spacial score (nSPS) is 17.5. The number of thioether (sulfide) groups is 1. The van der Waals surface area contributed by atoms with Crippen LogP contribution in [0.2, 0.25) is 0 Å². The zero-order valence-electron chi connectivity index (χ0n) is 11.2. The van der Waals surface area contributed by atoms with Crippen LogP contribution in [0.3, 0.4) is 0 Å². The molecule has 0 aromatic carbocycles. The molecule has 2 heterocycles. The Balaban J connectivity index is 2.24. The van der Waals surface area contributed by atoms with E-state index in [9.17, 15) is 22.4 Å². The van der Waals surface area contributed by atoms with Crippen molar-refractivity contribution in [2.75, 3.05) is 0 Å².